The highest BCUT2D eigenvalue weighted by Gasteiger charge is 2.45. The first kappa shape index (κ1) is 50.5. The number of rotatable bonds is 16. The van der Waals surface area contributed by atoms with Gasteiger partial charge in [-0.15, -0.1) is 0 Å². The van der Waals surface area contributed by atoms with E-state index in [1.165, 1.54) is 12.4 Å². The van der Waals surface area contributed by atoms with E-state index in [9.17, 15) is 37.1 Å². The highest BCUT2D eigenvalue weighted by molar-refractivity contribution is 5.98. The van der Waals surface area contributed by atoms with Crippen molar-refractivity contribution in [1.82, 2.24) is 43.6 Å². The van der Waals surface area contributed by atoms with E-state index in [0.717, 1.165) is 5.56 Å². The molecule has 0 aromatic carbocycles. The van der Waals surface area contributed by atoms with Crippen LogP contribution in [0.1, 0.15) is 42.9 Å². The third kappa shape index (κ3) is 9.80. The highest BCUT2D eigenvalue weighted by Crippen LogP contribution is 2.37. The maximum Gasteiger partial charge on any atom is 0.259 e. The minimum absolute atomic E-state index is 0.0465. The topological polar surface area (TPSA) is 231 Å². The van der Waals surface area contributed by atoms with E-state index in [1.54, 1.807) is 112 Å². The normalized spacial score (nSPS) is 19.1. The molecule has 3 amide bonds. The van der Waals surface area contributed by atoms with Crippen LogP contribution in [0.4, 0.5) is 30.6 Å². The van der Waals surface area contributed by atoms with Crippen LogP contribution >= 0.6 is 0 Å². The van der Waals surface area contributed by atoms with Crippen LogP contribution in [-0.4, -0.2) is 79.8 Å². The molecular weight excluding hydrogens is 1020 g/mol. The number of hydrogen-bond donors (Lipinski definition) is 3. The molecule has 12 rings (SSSR count). The summed E-state index contributed by atoms with van der Waals surface area (Å²) in [7, 11) is 0. The van der Waals surface area contributed by atoms with Crippen molar-refractivity contribution in [3.63, 3.8) is 0 Å². The lowest BCUT2D eigenvalue weighted by Crippen LogP contribution is -2.25. The molecule has 3 fully saturated rings. The van der Waals surface area contributed by atoms with Gasteiger partial charge in [0.1, 0.15) is 36.0 Å². The minimum Gasteiger partial charge on any atom is -0.310 e. The van der Waals surface area contributed by atoms with Gasteiger partial charge in [-0.3, -0.25) is 43.7 Å². The number of fused-ring (bicyclic) bond motifs is 3. The van der Waals surface area contributed by atoms with E-state index in [-0.39, 0.29) is 85.9 Å². The van der Waals surface area contributed by atoms with Crippen LogP contribution < -0.4 is 32.6 Å². The Balaban J connectivity index is 0.912. The fourth-order valence-corrected chi connectivity index (χ4v) is 10.3. The summed E-state index contributed by atoms with van der Waals surface area (Å²) in [6.07, 6.45) is 11.4. The summed E-state index contributed by atoms with van der Waals surface area (Å²) in [6.45, 7) is 4.10. The Bertz CT molecular complexity index is 4200. The summed E-state index contributed by atoms with van der Waals surface area (Å²) in [5.41, 5.74) is 4.97. The van der Waals surface area contributed by atoms with Crippen LogP contribution in [0.3, 0.4) is 0 Å². The number of carbonyl (C=O) groups excluding carboxylic acids is 3. The van der Waals surface area contributed by atoms with E-state index in [4.69, 9.17) is 0 Å². The van der Waals surface area contributed by atoms with Crippen molar-refractivity contribution in [3.05, 3.63) is 158 Å². The third-order valence-electron chi connectivity index (χ3n) is 15.1. The molecule has 6 atom stereocenters. The van der Waals surface area contributed by atoms with Crippen molar-refractivity contribution in [2.45, 2.75) is 84.1 Å². The molecule has 9 aromatic heterocycles. The molecular formula is C58H49F3N12O6. The van der Waals surface area contributed by atoms with Crippen LogP contribution in [0.2, 0.25) is 0 Å². The van der Waals surface area contributed by atoms with Gasteiger partial charge in [0.25, 0.3) is 16.7 Å². The maximum atomic E-state index is 15.3. The van der Waals surface area contributed by atoms with E-state index in [1.807, 2.05) is 13.8 Å². The molecule has 3 aliphatic carbocycles. The zero-order valence-electron chi connectivity index (χ0n) is 42.6. The molecule has 0 spiro atoms. The third-order valence-corrected chi connectivity index (χ3v) is 15.1. The number of halogens is 3. The van der Waals surface area contributed by atoms with Crippen LogP contribution in [0.15, 0.2) is 125 Å². The Morgan fingerprint density at radius 1 is 0.494 bits per heavy atom. The summed E-state index contributed by atoms with van der Waals surface area (Å²) >= 11 is 0. The molecule has 9 heterocycles. The van der Waals surface area contributed by atoms with E-state index in [0.29, 0.717) is 71.7 Å². The molecule has 9 aromatic rings. The molecule has 3 saturated carbocycles. The summed E-state index contributed by atoms with van der Waals surface area (Å²) in [5.74, 6) is -3.32. The van der Waals surface area contributed by atoms with Gasteiger partial charge in [0.05, 0.1) is 34.3 Å². The van der Waals surface area contributed by atoms with Crippen molar-refractivity contribution in [3.8, 4) is 33.4 Å². The molecule has 0 bridgehead atoms. The monoisotopic (exact) mass is 1070 g/mol. The first-order chi connectivity index (χ1) is 38.2. The number of amides is 3. The molecule has 21 heteroatoms. The van der Waals surface area contributed by atoms with E-state index >= 15 is 4.79 Å². The van der Waals surface area contributed by atoms with Gasteiger partial charge in [-0.05, 0) is 99.0 Å². The molecule has 18 nitrogen and oxygen atoms in total. The van der Waals surface area contributed by atoms with Gasteiger partial charge < -0.3 is 29.7 Å². The number of carbonyl (C=O) groups is 3. The second kappa shape index (κ2) is 20.3. The Kier molecular flexibility index (Phi) is 13.0. The van der Waals surface area contributed by atoms with Crippen molar-refractivity contribution in [2.75, 3.05) is 16.0 Å². The Morgan fingerprint density at radius 2 is 0.835 bits per heavy atom. The van der Waals surface area contributed by atoms with E-state index < -0.39 is 59.5 Å². The first-order valence-corrected chi connectivity index (χ1v) is 26.0. The zero-order chi connectivity index (χ0) is 54.8. The molecule has 0 aliphatic heterocycles. The predicted molar refractivity (Wildman–Crippen MR) is 290 cm³/mol. The van der Waals surface area contributed by atoms with Gasteiger partial charge >= 0.3 is 0 Å². The van der Waals surface area contributed by atoms with Crippen molar-refractivity contribution in [1.29, 1.82) is 0 Å². The number of pyridine rings is 9. The minimum atomic E-state index is -1.25. The number of anilines is 3. The van der Waals surface area contributed by atoms with Crippen LogP contribution in [0, 0.1) is 24.7 Å². The fourth-order valence-electron chi connectivity index (χ4n) is 10.3. The lowest BCUT2D eigenvalue weighted by Gasteiger charge is -2.18. The van der Waals surface area contributed by atoms with E-state index in [2.05, 4.69) is 45.9 Å². The largest absolute Gasteiger partial charge is 0.310 e. The second-order valence-electron chi connectivity index (χ2n) is 20.3. The maximum absolute atomic E-state index is 15.3. The molecule has 398 valence electrons. The molecule has 3 N–H and O–H groups in total. The number of nitrogens with one attached hydrogen (secondary N) is 3. The van der Waals surface area contributed by atoms with Gasteiger partial charge in [-0.2, -0.15) is 0 Å². The average Bonchev–Trinajstić information content (AvgIpc) is 4.60. The molecule has 3 aliphatic rings. The first-order valence-electron chi connectivity index (χ1n) is 26.0. The van der Waals surface area contributed by atoms with Crippen molar-refractivity contribution >= 4 is 67.9 Å². The molecule has 0 saturated heterocycles. The predicted octanol–water partition coefficient (Wildman–Crippen LogP) is 7.71. The number of alkyl halides is 3. The number of hydrogen-bond acceptors (Lipinski definition) is 12. The summed E-state index contributed by atoms with van der Waals surface area (Å²) in [4.78, 5) is 109. The quantitative estimate of drug-likeness (QED) is 0.0845. The van der Waals surface area contributed by atoms with Crippen molar-refractivity contribution < 1.29 is 27.6 Å². The van der Waals surface area contributed by atoms with Crippen LogP contribution in [0.25, 0.3) is 66.1 Å². The van der Waals surface area contributed by atoms with Gasteiger partial charge in [-0.1, -0.05) is 0 Å². The number of nitrogens with zero attached hydrogens (tertiary/aromatic N) is 9. The number of aromatic nitrogens is 9. The smallest absolute Gasteiger partial charge is 0.259 e. The lowest BCUT2D eigenvalue weighted by atomic mass is 9.98. The standard InChI is InChI=1S/C58H49F3N12O6/c1-3-71-47-20-50(68-53(74)38-17-44(38)59)65-23-32(47)15-36(56(71)77)42-27-63-10-5-30(42)8-13-73-49-22-52(70-55(76)40-19-46(40)61)67-25-34(49)16-37(58(73)79)43-28-64-11-6-31(43)7-12-72-48-21-51(69-54(75)39-18-45(39)60)66-24-33(48)14-35(57(72)78)41-26-62-9-4-29(41)2/h4-6,9-11,14-16,20-28,38-40,44-46H,3,7-8,12-13,17-19H2,1-2H3,(H,65,68,74)(H,66,69,75)(H,67,70,76)/t38-,39-,40+,44-,45+,46+/m1/s1. The van der Waals surface area contributed by atoms with Gasteiger partial charge in [0.2, 0.25) is 17.7 Å². The van der Waals surface area contributed by atoms with Crippen LogP contribution in [-0.2, 0) is 46.9 Å². The lowest BCUT2D eigenvalue weighted by molar-refractivity contribution is -0.118. The SMILES string of the molecule is CCn1c(=O)c(-c2cnccc2CCn2c(=O)c(-c3cnccc3CCn3c(=O)c(-c4cnccc4C)cc4cnc(NC(=O)[C@@H]5C[C@@H]5F)cc43)cc3cnc(NC(=O)[C@H]4C[C@@H]4F)cc32)cc2cnc(NC(=O)[C@@H]3C[C@H]3F)cc21. The average molecular weight is 1070 g/mol. The molecule has 79 heavy (non-hydrogen) atoms. The summed E-state index contributed by atoms with van der Waals surface area (Å²) < 4.78 is 46.2. The number of aryl methyl sites for hydroxylation is 6. The van der Waals surface area contributed by atoms with Crippen molar-refractivity contribution in [2.24, 2.45) is 17.8 Å². The Morgan fingerprint density at radius 3 is 1.20 bits per heavy atom. The highest BCUT2D eigenvalue weighted by atomic mass is 19.1. The fraction of sp³-hybridized carbons (Fsp3) is 0.276. The molecule has 0 unspecified atom stereocenters. The van der Waals surface area contributed by atoms with Gasteiger partial charge in [0.15, 0.2) is 0 Å². The Labute approximate surface area is 446 Å². The van der Waals surface area contributed by atoms with Gasteiger partial charge in [0, 0.05) is 143 Å². The zero-order valence-corrected chi connectivity index (χ0v) is 42.6. The summed E-state index contributed by atoms with van der Waals surface area (Å²) in [6, 6.07) is 15.2. The Hall–Kier alpha value is -9.27. The van der Waals surface area contributed by atoms with Crippen LogP contribution in [0.5, 0.6) is 0 Å². The molecule has 0 radical (unpaired) electrons. The second-order valence-corrected chi connectivity index (χ2v) is 20.3. The summed E-state index contributed by atoms with van der Waals surface area (Å²) in [5, 5.41) is 9.77. The van der Waals surface area contributed by atoms with Gasteiger partial charge in [-0.25, -0.2) is 28.1 Å².